The van der Waals surface area contributed by atoms with Crippen molar-refractivity contribution < 1.29 is 28.5 Å². The van der Waals surface area contributed by atoms with Crippen LogP contribution in [0.3, 0.4) is 0 Å². The number of nitrogens with one attached hydrogen (secondary N) is 1. The van der Waals surface area contributed by atoms with Gasteiger partial charge >= 0.3 is 0 Å². The van der Waals surface area contributed by atoms with Gasteiger partial charge in [0.05, 0.1) is 37.5 Å². The molecule has 1 atom stereocenters. The predicted octanol–water partition coefficient (Wildman–Crippen LogP) is 5.49. The molecule has 2 aromatic carbocycles. The number of ether oxygens (including phenoxy) is 4. The number of benzene rings is 2. The van der Waals surface area contributed by atoms with E-state index in [9.17, 15) is 9.59 Å². The lowest BCUT2D eigenvalue weighted by Gasteiger charge is -2.17. The molecule has 0 aromatic heterocycles. The molecule has 0 fully saturated rings. The molecular weight excluding hydrogens is 473 g/mol. The number of nitrogens with zero attached hydrogens (tertiary/aromatic N) is 2. The molecule has 0 saturated carbocycles. The second-order valence-electron chi connectivity index (χ2n) is 6.47. The Morgan fingerprint density at radius 3 is 2.15 bits per heavy atom. The third-order valence-electron chi connectivity index (χ3n) is 4.28. The van der Waals surface area contributed by atoms with Crippen LogP contribution in [-0.4, -0.2) is 45.2 Å². The van der Waals surface area contributed by atoms with E-state index in [1.54, 1.807) is 31.2 Å². The number of hydrogen-bond donors (Lipinski definition) is 1. The van der Waals surface area contributed by atoms with Gasteiger partial charge in [-0.25, -0.2) is 0 Å². The Kier molecular flexibility index (Phi) is 9.74. The van der Waals surface area contributed by atoms with Gasteiger partial charge in [0.1, 0.15) is 17.1 Å². The molecule has 0 aliphatic heterocycles. The topological polar surface area (TPSA) is 108 Å². The lowest BCUT2D eigenvalue weighted by atomic mass is 10.2. The highest BCUT2D eigenvalue weighted by Gasteiger charge is 2.27. The van der Waals surface area contributed by atoms with E-state index >= 15 is 0 Å². The predicted molar refractivity (Wildman–Crippen MR) is 126 cm³/mol. The van der Waals surface area contributed by atoms with E-state index in [0.29, 0.717) is 19.0 Å². The van der Waals surface area contributed by atoms with Gasteiger partial charge in [0.2, 0.25) is 6.04 Å². The molecule has 9 nitrogen and oxygen atoms in total. The van der Waals surface area contributed by atoms with Gasteiger partial charge in [-0.1, -0.05) is 23.2 Å². The molecule has 0 aliphatic carbocycles. The quantitative estimate of drug-likeness (QED) is 0.324. The van der Waals surface area contributed by atoms with Crippen molar-refractivity contribution in [3.05, 3.63) is 34.3 Å². The molecule has 0 heterocycles. The average molecular weight is 498 g/mol. The van der Waals surface area contributed by atoms with E-state index in [2.05, 4.69) is 15.5 Å². The van der Waals surface area contributed by atoms with Crippen LogP contribution in [0.1, 0.15) is 20.8 Å². The maximum Gasteiger partial charge on any atom is 0.259 e. The Labute approximate surface area is 202 Å². The third kappa shape index (κ3) is 6.27. The van der Waals surface area contributed by atoms with Crippen LogP contribution in [0.2, 0.25) is 10.0 Å². The molecule has 11 heteroatoms. The summed E-state index contributed by atoms with van der Waals surface area (Å²) < 4.78 is 21.7. The molecule has 0 bridgehead atoms. The van der Waals surface area contributed by atoms with Crippen LogP contribution in [0.15, 0.2) is 34.5 Å². The Bertz CT molecular complexity index is 1050. The second-order valence-corrected chi connectivity index (χ2v) is 7.28. The van der Waals surface area contributed by atoms with Crippen LogP contribution in [0.25, 0.3) is 0 Å². The lowest BCUT2D eigenvalue weighted by Crippen LogP contribution is -2.32. The fourth-order valence-electron chi connectivity index (χ4n) is 2.83. The fraction of sp³-hybridized carbons (Fsp3) is 0.364. The number of ketones is 1. The molecule has 2 rings (SSSR count). The van der Waals surface area contributed by atoms with Crippen LogP contribution in [0, 0.1) is 0 Å². The average Bonchev–Trinajstić information content (AvgIpc) is 2.77. The molecule has 178 valence electrons. The monoisotopic (exact) mass is 497 g/mol. The first kappa shape index (κ1) is 26.2. The zero-order valence-corrected chi connectivity index (χ0v) is 20.4. The second kappa shape index (κ2) is 12.3. The highest BCUT2D eigenvalue weighted by Crippen LogP contribution is 2.43. The minimum Gasteiger partial charge on any atom is -0.494 e. The Morgan fingerprint density at radius 2 is 1.58 bits per heavy atom. The van der Waals surface area contributed by atoms with Crippen LogP contribution >= 0.6 is 23.2 Å². The zero-order valence-electron chi connectivity index (χ0n) is 18.9. The Morgan fingerprint density at radius 1 is 0.939 bits per heavy atom. The van der Waals surface area contributed by atoms with Crippen LogP contribution in [-0.2, 0) is 9.59 Å². The van der Waals surface area contributed by atoms with Crippen molar-refractivity contribution in [2.45, 2.75) is 26.8 Å². The molecular formula is C22H25Cl2N3O6. The van der Waals surface area contributed by atoms with Crippen molar-refractivity contribution in [1.29, 1.82) is 0 Å². The Balaban J connectivity index is 2.44. The summed E-state index contributed by atoms with van der Waals surface area (Å²) in [6.45, 7) is 5.53. The first-order chi connectivity index (χ1) is 15.8. The minimum absolute atomic E-state index is 0.140. The molecule has 0 aliphatic rings. The number of rotatable bonds is 11. The summed E-state index contributed by atoms with van der Waals surface area (Å²) in [7, 11) is 2.81. The molecule has 1 N–H and O–H groups in total. The number of halogens is 2. The maximum absolute atomic E-state index is 13.0. The van der Waals surface area contributed by atoms with Gasteiger partial charge in [0, 0.05) is 0 Å². The summed E-state index contributed by atoms with van der Waals surface area (Å²) in [4.78, 5) is 25.2. The minimum atomic E-state index is -1.49. The molecule has 1 unspecified atom stereocenters. The fourth-order valence-corrected chi connectivity index (χ4v) is 3.25. The van der Waals surface area contributed by atoms with Crippen molar-refractivity contribution in [1.82, 2.24) is 0 Å². The number of azo groups is 1. The smallest absolute Gasteiger partial charge is 0.259 e. The summed E-state index contributed by atoms with van der Waals surface area (Å²) in [5.41, 5.74) is 0.298. The van der Waals surface area contributed by atoms with Gasteiger partial charge < -0.3 is 24.3 Å². The largest absolute Gasteiger partial charge is 0.494 e. The standard InChI is InChI=1S/C22H25Cl2N3O6/c1-6-32-16-11-8-13(23)18(21(16)33-7-2)27-26-17(12(3)28)22(29)25-19-15(30-4)10-9-14(24)20(19)31-5/h8-11,17H,6-7H2,1-5H3,(H,25,29). The van der Waals surface area contributed by atoms with Gasteiger partial charge in [0.15, 0.2) is 23.0 Å². The summed E-state index contributed by atoms with van der Waals surface area (Å²) in [5, 5.41) is 11.1. The maximum atomic E-state index is 13.0. The van der Waals surface area contributed by atoms with Gasteiger partial charge in [0.25, 0.3) is 5.91 Å². The van der Waals surface area contributed by atoms with Crippen molar-refractivity contribution >= 4 is 46.3 Å². The first-order valence-electron chi connectivity index (χ1n) is 9.99. The molecule has 33 heavy (non-hydrogen) atoms. The van der Waals surface area contributed by atoms with Crippen molar-refractivity contribution in [2.75, 3.05) is 32.8 Å². The molecule has 1 amide bonds. The van der Waals surface area contributed by atoms with E-state index in [1.807, 2.05) is 6.92 Å². The number of carbonyl (C=O) groups is 2. The summed E-state index contributed by atoms with van der Waals surface area (Å²) in [6, 6.07) is 4.83. The van der Waals surface area contributed by atoms with Gasteiger partial charge in [-0.05, 0) is 45.0 Å². The van der Waals surface area contributed by atoms with Gasteiger partial charge in [-0.15, -0.1) is 5.11 Å². The molecule has 0 radical (unpaired) electrons. The van der Waals surface area contributed by atoms with Crippen LogP contribution < -0.4 is 24.3 Å². The Hall–Kier alpha value is -3.04. The van der Waals surface area contributed by atoms with Crippen molar-refractivity contribution in [3.8, 4) is 23.0 Å². The SMILES string of the molecule is CCOc1ccc(Cl)c(N=NC(C(C)=O)C(=O)Nc2c(OC)ccc(Cl)c2OC)c1OCC. The molecule has 2 aromatic rings. The first-order valence-corrected chi connectivity index (χ1v) is 10.7. The zero-order chi connectivity index (χ0) is 24.5. The number of methoxy groups -OCH3 is 2. The van der Waals surface area contributed by atoms with E-state index in [-0.39, 0.29) is 38.7 Å². The van der Waals surface area contributed by atoms with Crippen molar-refractivity contribution in [3.63, 3.8) is 0 Å². The van der Waals surface area contributed by atoms with Crippen LogP contribution in [0.5, 0.6) is 23.0 Å². The highest BCUT2D eigenvalue weighted by atomic mass is 35.5. The van der Waals surface area contributed by atoms with Crippen LogP contribution in [0.4, 0.5) is 11.4 Å². The highest BCUT2D eigenvalue weighted by molar-refractivity contribution is 6.33. The van der Waals surface area contributed by atoms with E-state index in [1.165, 1.54) is 21.1 Å². The van der Waals surface area contributed by atoms with Crippen molar-refractivity contribution in [2.24, 2.45) is 10.2 Å². The number of carbonyl (C=O) groups excluding carboxylic acids is 2. The molecule has 0 saturated heterocycles. The number of anilines is 1. The normalized spacial score (nSPS) is 11.7. The number of amides is 1. The van der Waals surface area contributed by atoms with E-state index in [0.717, 1.165) is 0 Å². The van der Waals surface area contributed by atoms with Gasteiger partial charge in [-0.3, -0.25) is 9.59 Å². The van der Waals surface area contributed by atoms with E-state index < -0.39 is 17.7 Å². The molecule has 0 spiro atoms. The van der Waals surface area contributed by atoms with E-state index in [4.69, 9.17) is 42.1 Å². The third-order valence-corrected chi connectivity index (χ3v) is 4.89. The summed E-state index contributed by atoms with van der Waals surface area (Å²) >= 11 is 12.4. The number of hydrogen-bond acceptors (Lipinski definition) is 8. The summed E-state index contributed by atoms with van der Waals surface area (Å²) in [6.07, 6.45) is 0. The number of Topliss-reactive ketones (excluding diaryl/α,β-unsaturated/α-hetero) is 1. The lowest BCUT2D eigenvalue weighted by molar-refractivity contribution is -0.126. The van der Waals surface area contributed by atoms with Gasteiger partial charge in [-0.2, -0.15) is 5.11 Å². The summed E-state index contributed by atoms with van der Waals surface area (Å²) in [5.74, 6) is -0.178.